The van der Waals surface area contributed by atoms with Crippen LogP contribution < -0.4 is 0 Å². The Morgan fingerprint density at radius 3 is 1.42 bits per heavy atom. The van der Waals surface area contributed by atoms with Crippen molar-refractivity contribution in [3.8, 4) is 0 Å². The Kier molecular flexibility index (Phi) is 40.6. The van der Waals surface area contributed by atoms with E-state index in [9.17, 15) is 40.5 Å². The molecule has 2 aliphatic heterocycles. The molecular formula is C57H102O14. The van der Waals surface area contributed by atoms with Crippen molar-refractivity contribution in [2.24, 2.45) is 0 Å². The number of carbonyl (C=O) groups excluding carboxylic acids is 1. The monoisotopic (exact) mass is 1010 g/mol. The summed E-state index contributed by atoms with van der Waals surface area (Å²) in [5, 5.41) is 72.3. The average Bonchev–Trinajstić information content (AvgIpc) is 3.37. The van der Waals surface area contributed by atoms with Gasteiger partial charge in [0.05, 0.1) is 26.4 Å². The SMILES string of the molecule is CC/C=C\C/C=C\C/C=C\C/C=C\CCCCCOCC(COC1OC(COC2OC(CO)C(O)C(O)C2O)C(O)C(O)C1O)OC(=O)CCCCCCCCCCCCCCCCCCCCCCC. The highest BCUT2D eigenvalue weighted by Gasteiger charge is 2.47. The third-order valence-electron chi connectivity index (χ3n) is 13.4. The molecule has 0 spiro atoms. The van der Waals surface area contributed by atoms with Crippen molar-refractivity contribution in [1.82, 2.24) is 0 Å². The summed E-state index contributed by atoms with van der Waals surface area (Å²) in [4.78, 5) is 13.1. The van der Waals surface area contributed by atoms with Crippen LogP contribution in [-0.2, 0) is 33.2 Å². The number of hydrogen-bond acceptors (Lipinski definition) is 14. The van der Waals surface area contributed by atoms with E-state index in [1.54, 1.807) is 0 Å². The summed E-state index contributed by atoms with van der Waals surface area (Å²) in [6, 6.07) is 0. The number of unbranched alkanes of at least 4 members (excludes halogenated alkanes) is 23. The van der Waals surface area contributed by atoms with E-state index in [0.29, 0.717) is 13.0 Å². The fourth-order valence-electron chi connectivity index (χ4n) is 8.81. The molecule has 2 fully saturated rings. The molecule has 0 bridgehead atoms. The lowest BCUT2D eigenvalue weighted by atomic mass is 9.98. The van der Waals surface area contributed by atoms with Gasteiger partial charge in [-0.15, -0.1) is 0 Å². The lowest BCUT2D eigenvalue weighted by Gasteiger charge is -2.42. The molecule has 14 nitrogen and oxygen atoms in total. The number of allylic oxidation sites excluding steroid dienone is 8. The Morgan fingerprint density at radius 2 is 0.915 bits per heavy atom. The van der Waals surface area contributed by atoms with Crippen molar-refractivity contribution >= 4 is 5.97 Å². The second kappa shape index (κ2) is 44.3. The van der Waals surface area contributed by atoms with Gasteiger partial charge in [0, 0.05) is 13.0 Å². The van der Waals surface area contributed by atoms with Gasteiger partial charge in [0.15, 0.2) is 12.6 Å². The first-order valence-electron chi connectivity index (χ1n) is 28.2. The molecule has 7 N–H and O–H groups in total. The van der Waals surface area contributed by atoms with Crippen molar-refractivity contribution in [1.29, 1.82) is 0 Å². The predicted octanol–water partition coefficient (Wildman–Crippen LogP) is 9.52. The van der Waals surface area contributed by atoms with E-state index in [1.807, 2.05) is 0 Å². The zero-order valence-corrected chi connectivity index (χ0v) is 44.2. The molecule has 0 aromatic heterocycles. The number of aliphatic hydroxyl groups excluding tert-OH is 7. The Balaban J connectivity index is 1.73. The highest BCUT2D eigenvalue weighted by molar-refractivity contribution is 5.69. The van der Waals surface area contributed by atoms with E-state index in [-0.39, 0.29) is 25.6 Å². The second-order valence-electron chi connectivity index (χ2n) is 19.7. The first-order chi connectivity index (χ1) is 34.6. The molecule has 71 heavy (non-hydrogen) atoms. The van der Waals surface area contributed by atoms with Gasteiger partial charge in [0.2, 0.25) is 0 Å². The van der Waals surface area contributed by atoms with Gasteiger partial charge in [-0.05, 0) is 51.4 Å². The molecule has 0 amide bonds. The van der Waals surface area contributed by atoms with Crippen LogP contribution in [-0.4, -0.2) is 142 Å². The number of rotatable bonds is 45. The number of aliphatic hydroxyl groups is 7. The predicted molar refractivity (Wildman–Crippen MR) is 279 cm³/mol. The van der Waals surface area contributed by atoms with Crippen LogP contribution in [0, 0.1) is 0 Å². The van der Waals surface area contributed by atoms with E-state index >= 15 is 0 Å². The molecule has 11 unspecified atom stereocenters. The molecule has 2 saturated heterocycles. The molecule has 2 aliphatic rings. The molecule has 0 saturated carbocycles. The largest absolute Gasteiger partial charge is 0.457 e. The van der Waals surface area contributed by atoms with E-state index in [2.05, 4.69) is 62.5 Å². The fraction of sp³-hybridized carbons (Fsp3) is 0.842. The molecule has 2 heterocycles. The minimum atomic E-state index is -1.71. The summed E-state index contributed by atoms with van der Waals surface area (Å²) in [7, 11) is 0. The number of esters is 1. The quantitative estimate of drug-likeness (QED) is 0.0172. The number of carbonyl (C=O) groups is 1. The summed E-state index contributed by atoms with van der Waals surface area (Å²) < 4.78 is 34.3. The normalized spacial score (nSPS) is 25.6. The highest BCUT2D eigenvalue weighted by atomic mass is 16.7. The minimum Gasteiger partial charge on any atom is -0.457 e. The van der Waals surface area contributed by atoms with Gasteiger partial charge in [-0.1, -0.05) is 197 Å². The molecule has 414 valence electrons. The third kappa shape index (κ3) is 31.4. The van der Waals surface area contributed by atoms with Gasteiger partial charge in [-0.25, -0.2) is 0 Å². The number of ether oxygens (including phenoxy) is 6. The standard InChI is InChI=1S/C57H102O14/c1-3-5-7-9-11-13-15-17-19-21-22-23-24-25-26-28-30-32-34-36-38-40-49(59)69-46(43-66-41-39-37-35-33-31-29-27-20-18-16-14-12-10-8-6-4-2)44-67-56-55(65)53(63)51(61)48(71-56)45-68-57-54(64)52(62)50(60)47(42-58)70-57/h6,8,12,14,18,20,29,31,46-48,50-58,60-65H,3-5,7,9-11,13,15-17,19,21-28,30,32-45H2,1-2H3/b8-6-,14-12-,20-18-,31-29-. The molecule has 0 aliphatic carbocycles. The molecule has 14 heteroatoms. The molecule has 0 aromatic carbocycles. The molecule has 0 radical (unpaired) electrons. The van der Waals surface area contributed by atoms with Crippen molar-refractivity contribution in [3.63, 3.8) is 0 Å². The zero-order chi connectivity index (χ0) is 51.6. The maximum absolute atomic E-state index is 13.1. The topological polar surface area (TPSA) is 214 Å². The molecule has 11 atom stereocenters. The van der Waals surface area contributed by atoms with Crippen molar-refractivity contribution in [2.45, 2.75) is 274 Å². The maximum Gasteiger partial charge on any atom is 0.306 e. The molecular weight excluding hydrogens is 909 g/mol. The zero-order valence-electron chi connectivity index (χ0n) is 44.2. The van der Waals surface area contributed by atoms with Crippen LogP contribution in [0.4, 0.5) is 0 Å². The molecule has 2 rings (SSSR count). The van der Waals surface area contributed by atoms with Crippen LogP contribution in [0.5, 0.6) is 0 Å². The Labute approximate surface area is 429 Å². The summed E-state index contributed by atoms with van der Waals surface area (Å²) in [6.45, 7) is 3.52. The minimum absolute atomic E-state index is 0.0412. The fourth-order valence-corrected chi connectivity index (χ4v) is 8.81. The lowest BCUT2D eigenvalue weighted by Crippen LogP contribution is -2.61. The van der Waals surface area contributed by atoms with Gasteiger partial charge in [0.1, 0.15) is 54.9 Å². The lowest BCUT2D eigenvalue weighted by molar-refractivity contribution is -0.332. The van der Waals surface area contributed by atoms with Crippen molar-refractivity contribution in [2.75, 3.05) is 33.0 Å². The summed E-state index contributed by atoms with van der Waals surface area (Å²) >= 11 is 0. The summed E-state index contributed by atoms with van der Waals surface area (Å²) in [5.41, 5.74) is 0. The smallest absolute Gasteiger partial charge is 0.306 e. The molecule has 0 aromatic rings. The summed E-state index contributed by atoms with van der Waals surface area (Å²) in [5.74, 6) is -0.385. The highest BCUT2D eigenvalue weighted by Crippen LogP contribution is 2.27. The second-order valence-corrected chi connectivity index (χ2v) is 19.7. The van der Waals surface area contributed by atoms with E-state index < -0.39 is 80.7 Å². The average molecular weight is 1010 g/mol. The van der Waals surface area contributed by atoms with Crippen LogP contribution in [0.3, 0.4) is 0 Å². The first kappa shape index (κ1) is 65.1. The Morgan fingerprint density at radius 1 is 0.479 bits per heavy atom. The van der Waals surface area contributed by atoms with Crippen molar-refractivity contribution in [3.05, 3.63) is 48.6 Å². The van der Waals surface area contributed by atoms with E-state index in [4.69, 9.17) is 28.4 Å². The van der Waals surface area contributed by atoms with Crippen LogP contribution in [0.15, 0.2) is 48.6 Å². The van der Waals surface area contributed by atoms with Gasteiger partial charge < -0.3 is 64.2 Å². The van der Waals surface area contributed by atoms with Crippen LogP contribution in [0.2, 0.25) is 0 Å². The van der Waals surface area contributed by atoms with Gasteiger partial charge in [0.25, 0.3) is 0 Å². The number of hydrogen-bond donors (Lipinski definition) is 7. The van der Waals surface area contributed by atoms with Gasteiger partial charge >= 0.3 is 5.97 Å². The van der Waals surface area contributed by atoms with Crippen LogP contribution in [0.1, 0.15) is 206 Å². The van der Waals surface area contributed by atoms with Crippen LogP contribution >= 0.6 is 0 Å². The Hall–Kier alpha value is -2.05. The van der Waals surface area contributed by atoms with E-state index in [1.165, 1.54) is 109 Å². The van der Waals surface area contributed by atoms with Gasteiger partial charge in [-0.3, -0.25) is 4.79 Å². The van der Waals surface area contributed by atoms with Crippen LogP contribution in [0.25, 0.3) is 0 Å². The maximum atomic E-state index is 13.1. The Bertz CT molecular complexity index is 1360. The first-order valence-corrected chi connectivity index (χ1v) is 28.2. The van der Waals surface area contributed by atoms with Gasteiger partial charge in [-0.2, -0.15) is 0 Å². The summed E-state index contributed by atoms with van der Waals surface area (Å²) in [6.07, 6.45) is 36.1. The van der Waals surface area contributed by atoms with E-state index in [0.717, 1.165) is 70.6 Å². The van der Waals surface area contributed by atoms with Crippen molar-refractivity contribution < 1.29 is 69.0 Å². The third-order valence-corrected chi connectivity index (χ3v) is 13.4.